The van der Waals surface area contributed by atoms with Gasteiger partial charge in [0.15, 0.2) is 0 Å². The molecule has 0 radical (unpaired) electrons. The molecule has 1 aromatic carbocycles. The number of aromatic nitrogens is 1. The Bertz CT molecular complexity index is 719. The quantitative estimate of drug-likeness (QED) is 0.793. The molecule has 0 atom stereocenters. The molecule has 1 saturated heterocycles. The molecule has 3 rings (SSSR count). The molecule has 0 unspecified atom stereocenters. The van der Waals surface area contributed by atoms with Crippen LogP contribution < -0.4 is 0 Å². The lowest BCUT2D eigenvalue weighted by atomic mass is 10.2. The van der Waals surface area contributed by atoms with E-state index in [9.17, 15) is 4.79 Å². The highest BCUT2D eigenvalue weighted by atomic mass is 16.2. The van der Waals surface area contributed by atoms with Gasteiger partial charge in [-0.2, -0.15) is 0 Å². The zero-order chi connectivity index (χ0) is 15.7. The Morgan fingerprint density at radius 2 is 1.77 bits per heavy atom. The molecule has 22 heavy (non-hydrogen) atoms. The zero-order valence-electron chi connectivity index (χ0n) is 13.5. The van der Waals surface area contributed by atoms with Crippen LogP contribution in [0.1, 0.15) is 28.9 Å². The minimum atomic E-state index is 0.117. The van der Waals surface area contributed by atoms with Gasteiger partial charge in [-0.05, 0) is 57.0 Å². The van der Waals surface area contributed by atoms with Crippen LogP contribution in [0.4, 0.5) is 0 Å². The fraction of sp³-hybridized carbons (Fsp3) is 0.316. The van der Waals surface area contributed by atoms with Crippen LogP contribution in [0.15, 0.2) is 36.4 Å². The van der Waals surface area contributed by atoms with E-state index >= 15 is 0 Å². The number of nitrogens with zero attached hydrogens (tertiary/aromatic N) is 2. The van der Waals surface area contributed by atoms with Gasteiger partial charge in [0.05, 0.1) is 0 Å². The maximum atomic E-state index is 11.9. The van der Waals surface area contributed by atoms with Crippen LogP contribution in [0.25, 0.3) is 11.8 Å². The molecule has 0 aliphatic carbocycles. The first-order valence-corrected chi connectivity index (χ1v) is 7.79. The third kappa shape index (κ3) is 2.71. The van der Waals surface area contributed by atoms with E-state index in [0.29, 0.717) is 0 Å². The van der Waals surface area contributed by atoms with E-state index in [4.69, 9.17) is 0 Å². The van der Waals surface area contributed by atoms with Crippen molar-refractivity contribution in [3.05, 3.63) is 58.9 Å². The number of hydrogen-bond donors (Lipinski definition) is 0. The van der Waals surface area contributed by atoms with Crippen molar-refractivity contribution >= 4 is 12.0 Å². The van der Waals surface area contributed by atoms with Crippen molar-refractivity contribution < 1.29 is 4.79 Å². The average Bonchev–Trinajstić information content (AvgIpc) is 2.71. The number of aryl methyl sites for hydroxylation is 2. The third-order valence-corrected chi connectivity index (χ3v) is 4.34. The maximum absolute atomic E-state index is 11.9. The van der Waals surface area contributed by atoms with Crippen LogP contribution in [0.2, 0.25) is 0 Å². The molecule has 1 aliphatic heterocycles. The molecule has 1 aromatic heterocycles. The first-order chi connectivity index (χ1) is 10.6. The molecular formula is C19H22N2O. The van der Waals surface area contributed by atoms with Gasteiger partial charge >= 0.3 is 0 Å². The van der Waals surface area contributed by atoms with E-state index in [1.54, 1.807) is 6.08 Å². The van der Waals surface area contributed by atoms with E-state index < -0.39 is 0 Å². The third-order valence-electron chi connectivity index (χ3n) is 4.34. The number of carbonyl (C=O) groups is 1. The van der Waals surface area contributed by atoms with Crippen molar-refractivity contribution in [2.75, 3.05) is 13.1 Å². The summed E-state index contributed by atoms with van der Waals surface area (Å²) in [5, 5.41) is 0. The van der Waals surface area contributed by atoms with Crippen molar-refractivity contribution in [1.82, 2.24) is 9.47 Å². The number of amides is 1. The van der Waals surface area contributed by atoms with E-state index in [-0.39, 0.29) is 5.91 Å². The molecule has 1 aliphatic rings. The Hall–Kier alpha value is -2.29. The lowest BCUT2D eigenvalue weighted by molar-refractivity contribution is -0.129. The molecule has 3 heteroatoms. The average molecular weight is 294 g/mol. The highest BCUT2D eigenvalue weighted by Crippen LogP contribution is 2.22. The molecule has 0 saturated carbocycles. The van der Waals surface area contributed by atoms with E-state index in [1.165, 1.54) is 11.3 Å². The zero-order valence-corrected chi connectivity index (χ0v) is 13.5. The Morgan fingerprint density at radius 3 is 2.36 bits per heavy atom. The second-order valence-electron chi connectivity index (χ2n) is 6.01. The fourth-order valence-corrected chi connectivity index (χ4v) is 2.85. The van der Waals surface area contributed by atoms with Gasteiger partial charge in [-0.3, -0.25) is 4.79 Å². The van der Waals surface area contributed by atoms with Crippen molar-refractivity contribution in [2.24, 2.45) is 0 Å². The second kappa shape index (κ2) is 5.84. The summed E-state index contributed by atoms with van der Waals surface area (Å²) in [5.41, 5.74) is 5.86. The lowest BCUT2D eigenvalue weighted by Gasteiger charge is -2.29. The molecule has 114 valence electrons. The van der Waals surface area contributed by atoms with Gasteiger partial charge in [0.1, 0.15) is 0 Å². The maximum Gasteiger partial charge on any atom is 0.246 e. The van der Waals surface area contributed by atoms with Gasteiger partial charge in [-0.15, -0.1) is 0 Å². The highest BCUT2D eigenvalue weighted by Gasteiger charge is 2.17. The molecule has 0 bridgehead atoms. The van der Waals surface area contributed by atoms with Crippen LogP contribution in [-0.2, 0) is 4.79 Å². The predicted molar refractivity (Wildman–Crippen MR) is 90.2 cm³/mol. The monoisotopic (exact) mass is 294 g/mol. The summed E-state index contributed by atoms with van der Waals surface area (Å²) in [6, 6.07) is 10.6. The summed E-state index contributed by atoms with van der Waals surface area (Å²) in [4.78, 5) is 13.8. The highest BCUT2D eigenvalue weighted by molar-refractivity contribution is 5.92. The van der Waals surface area contributed by atoms with E-state index in [1.807, 2.05) is 11.0 Å². The van der Waals surface area contributed by atoms with Crippen molar-refractivity contribution in [1.29, 1.82) is 0 Å². The van der Waals surface area contributed by atoms with Crippen LogP contribution >= 0.6 is 0 Å². The molecule has 2 aromatic rings. The van der Waals surface area contributed by atoms with Crippen molar-refractivity contribution in [2.45, 2.75) is 27.2 Å². The second-order valence-corrected chi connectivity index (χ2v) is 6.01. The summed E-state index contributed by atoms with van der Waals surface area (Å²) >= 11 is 0. The largest absolute Gasteiger partial charge is 0.339 e. The molecular weight excluding hydrogens is 272 g/mol. The van der Waals surface area contributed by atoms with Gasteiger partial charge in [-0.25, -0.2) is 0 Å². The Kier molecular flexibility index (Phi) is 3.88. The number of rotatable bonds is 3. The SMILES string of the molecule is Cc1ccc(-n2c(C)cc(/C=C/C(=O)N3CCC3)c2C)cc1. The van der Waals surface area contributed by atoms with Crippen molar-refractivity contribution in [3.63, 3.8) is 0 Å². The van der Waals surface area contributed by atoms with Crippen LogP contribution in [0.3, 0.4) is 0 Å². The summed E-state index contributed by atoms with van der Waals surface area (Å²) in [5.74, 6) is 0.117. The molecule has 0 N–H and O–H groups in total. The molecule has 1 amide bonds. The number of likely N-dealkylation sites (tertiary alicyclic amines) is 1. The molecule has 1 fully saturated rings. The van der Waals surface area contributed by atoms with E-state index in [0.717, 1.165) is 36.5 Å². The first kappa shape index (κ1) is 14.6. The normalized spacial score (nSPS) is 14.4. The smallest absolute Gasteiger partial charge is 0.246 e. The molecule has 0 spiro atoms. The summed E-state index contributed by atoms with van der Waals surface area (Å²) in [7, 11) is 0. The number of carbonyl (C=O) groups excluding carboxylic acids is 1. The molecule has 3 nitrogen and oxygen atoms in total. The summed E-state index contributed by atoms with van der Waals surface area (Å²) in [6.07, 6.45) is 4.76. The number of benzene rings is 1. The fourth-order valence-electron chi connectivity index (χ4n) is 2.85. The van der Waals surface area contributed by atoms with Crippen LogP contribution in [0, 0.1) is 20.8 Å². The Morgan fingerprint density at radius 1 is 1.09 bits per heavy atom. The van der Waals surface area contributed by atoms with Crippen LogP contribution in [0.5, 0.6) is 0 Å². The summed E-state index contributed by atoms with van der Waals surface area (Å²) in [6.45, 7) is 8.08. The van der Waals surface area contributed by atoms with E-state index in [2.05, 4.69) is 55.7 Å². The van der Waals surface area contributed by atoms with Gasteiger partial charge in [0.25, 0.3) is 0 Å². The first-order valence-electron chi connectivity index (χ1n) is 7.79. The van der Waals surface area contributed by atoms with Gasteiger partial charge in [0.2, 0.25) is 5.91 Å². The van der Waals surface area contributed by atoms with Gasteiger partial charge in [0, 0.05) is 36.2 Å². The topological polar surface area (TPSA) is 25.2 Å². The Labute approximate surface area is 131 Å². The predicted octanol–water partition coefficient (Wildman–Crippen LogP) is 3.65. The van der Waals surface area contributed by atoms with Gasteiger partial charge < -0.3 is 9.47 Å². The Balaban J connectivity index is 1.88. The standard InChI is InChI=1S/C19H22N2O/c1-14-5-8-18(9-6-14)21-15(2)13-17(16(21)3)7-10-19(22)20-11-4-12-20/h5-10,13H,4,11-12H2,1-3H3/b10-7+. The molecule has 2 heterocycles. The van der Waals surface area contributed by atoms with Gasteiger partial charge in [-0.1, -0.05) is 17.7 Å². The summed E-state index contributed by atoms with van der Waals surface area (Å²) < 4.78 is 2.23. The minimum absolute atomic E-state index is 0.117. The lowest BCUT2D eigenvalue weighted by Crippen LogP contribution is -2.40. The number of hydrogen-bond acceptors (Lipinski definition) is 1. The van der Waals surface area contributed by atoms with Crippen molar-refractivity contribution in [3.8, 4) is 5.69 Å². The minimum Gasteiger partial charge on any atom is -0.339 e. The van der Waals surface area contributed by atoms with Crippen LogP contribution in [-0.4, -0.2) is 28.5 Å².